The summed E-state index contributed by atoms with van der Waals surface area (Å²) in [6, 6.07) is 12.7. The third-order valence-corrected chi connectivity index (χ3v) is 11.1. The molecule has 3 aliphatic rings. The quantitative estimate of drug-likeness (QED) is 0.0785. The smallest absolute Gasteiger partial charge is 0.413 e. The molecule has 312 valence electrons. The Morgan fingerprint density at radius 3 is 2.22 bits per heavy atom. The minimum absolute atomic E-state index is 0.0267. The number of allylic oxidation sites excluding steroid dienone is 1. The number of benzene rings is 3. The first kappa shape index (κ1) is 42.2. The molecule has 3 amide bonds. The summed E-state index contributed by atoms with van der Waals surface area (Å²) in [5.41, 5.74) is 0.777. The molecular formula is C42H47N5O12. The number of likely N-dealkylation sites (N-methyl/N-ethyl adjacent to an activating group) is 1. The number of hydrogen-bond donors (Lipinski definition) is 6. The van der Waals surface area contributed by atoms with E-state index < -0.39 is 101 Å². The number of Topliss-reactive ketones (excluding diaryl/α,β-unsaturated/α-hetero) is 2. The van der Waals surface area contributed by atoms with Crippen molar-refractivity contribution in [3.8, 4) is 5.75 Å². The Kier molecular flexibility index (Phi) is 11.0. The lowest BCUT2D eigenvalue weighted by Crippen LogP contribution is -2.63. The van der Waals surface area contributed by atoms with Crippen LogP contribution in [0.4, 0.5) is 16.2 Å². The van der Waals surface area contributed by atoms with Crippen LogP contribution in [0.2, 0.25) is 0 Å². The number of nitrogens with two attached hydrogens (primary N) is 1. The number of nitrogens with one attached hydrogen (secondary N) is 1. The van der Waals surface area contributed by atoms with Gasteiger partial charge in [0.25, 0.3) is 5.91 Å². The van der Waals surface area contributed by atoms with E-state index in [1.807, 2.05) is 24.3 Å². The molecule has 17 heteroatoms. The molecule has 59 heavy (non-hydrogen) atoms. The summed E-state index contributed by atoms with van der Waals surface area (Å²) in [5, 5.41) is 50.6. The monoisotopic (exact) mass is 813 g/mol. The Morgan fingerprint density at radius 2 is 1.61 bits per heavy atom. The lowest BCUT2D eigenvalue weighted by Gasteiger charge is -2.50. The third-order valence-electron chi connectivity index (χ3n) is 11.1. The van der Waals surface area contributed by atoms with Gasteiger partial charge in [-0.2, -0.15) is 0 Å². The molecule has 0 heterocycles. The Hall–Kier alpha value is -6.46. The predicted octanol–water partition coefficient (Wildman–Crippen LogP) is 3.33. The molecule has 0 unspecified atom stereocenters. The predicted molar refractivity (Wildman–Crippen MR) is 214 cm³/mol. The molecule has 17 nitrogen and oxygen atoms in total. The maximum Gasteiger partial charge on any atom is 0.413 e. The average molecular weight is 814 g/mol. The summed E-state index contributed by atoms with van der Waals surface area (Å²) in [7, 11) is 6.43. The third kappa shape index (κ3) is 7.31. The van der Waals surface area contributed by atoms with Crippen molar-refractivity contribution < 1.29 is 58.7 Å². The van der Waals surface area contributed by atoms with Crippen molar-refractivity contribution in [2.24, 2.45) is 17.6 Å². The largest absolute Gasteiger partial charge is 0.510 e. The number of ether oxygens (including phenoxy) is 2. The summed E-state index contributed by atoms with van der Waals surface area (Å²) in [6.07, 6.45) is -1.06. The van der Waals surface area contributed by atoms with Crippen LogP contribution in [0, 0.1) is 11.8 Å². The van der Waals surface area contributed by atoms with Gasteiger partial charge in [-0.15, -0.1) is 0 Å². The number of nitrogens with zero attached hydrogens (tertiary/aromatic N) is 3. The second kappa shape index (κ2) is 15.4. The van der Waals surface area contributed by atoms with Gasteiger partial charge in [0.15, 0.2) is 17.1 Å². The molecule has 0 fully saturated rings. The number of aromatic hydroxyl groups is 1. The van der Waals surface area contributed by atoms with E-state index in [1.54, 1.807) is 72.1 Å². The second-order valence-corrected chi connectivity index (χ2v) is 16.3. The van der Waals surface area contributed by atoms with E-state index in [0.29, 0.717) is 11.3 Å². The van der Waals surface area contributed by atoms with E-state index in [4.69, 9.17) is 15.2 Å². The topological polar surface area (TPSA) is 250 Å². The number of phenolic OH excluding ortho intramolecular Hbond substituents is 1. The number of primary amides is 1. The van der Waals surface area contributed by atoms with Gasteiger partial charge in [-0.3, -0.25) is 29.0 Å². The summed E-state index contributed by atoms with van der Waals surface area (Å²) < 4.78 is 10.4. The summed E-state index contributed by atoms with van der Waals surface area (Å²) >= 11 is 0. The lowest BCUT2D eigenvalue weighted by atomic mass is 9.58. The van der Waals surface area contributed by atoms with Crippen LogP contribution >= 0.6 is 0 Å². The molecule has 4 atom stereocenters. The van der Waals surface area contributed by atoms with Crippen molar-refractivity contribution in [2.75, 3.05) is 51.7 Å². The standard InChI is InChI=1S/C42H47N5O12/c1-41(2,3)47(40(56)59-19-58-39(55)22-13-12-20-10-8-9-11-21(20)14-22)18-28(48)44-26-17-27(45(4)5)24-15-23-16-25-32(46(6)7)35(51)31(38(43)54)37(53)42(25,57)36(52)29(23)34(50)30(24)33(26)49/h8-14,17,23,25,32,49,51-52,57H,15-16,18-19H2,1-7H3,(H2,43,54)(H,44,48)/t23-,25-,32-,42-/m0/s1. The molecular weight excluding hydrogens is 766 g/mol. The Morgan fingerprint density at radius 1 is 0.949 bits per heavy atom. The minimum atomic E-state index is -2.82. The summed E-state index contributed by atoms with van der Waals surface area (Å²) in [6.45, 7) is 3.57. The van der Waals surface area contributed by atoms with Gasteiger partial charge in [-0.05, 0) is 88.2 Å². The highest BCUT2D eigenvalue weighted by atomic mass is 16.7. The van der Waals surface area contributed by atoms with Gasteiger partial charge in [0.2, 0.25) is 18.5 Å². The Balaban J connectivity index is 1.25. The zero-order chi connectivity index (χ0) is 43.5. The van der Waals surface area contributed by atoms with Gasteiger partial charge >= 0.3 is 12.1 Å². The Bertz CT molecular complexity index is 2380. The van der Waals surface area contributed by atoms with E-state index in [9.17, 15) is 49.2 Å². The molecule has 0 saturated carbocycles. The lowest BCUT2D eigenvalue weighted by molar-refractivity contribution is -0.148. The van der Waals surface area contributed by atoms with E-state index >= 15 is 0 Å². The first-order valence-electron chi connectivity index (χ1n) is 18.7. The summed E-state index contributed by atoms with van der Waals surface area (Å²) in [5.74, 6) is -9.57. The van der Waals surface area contributed by atoms with Crippen molar-refractivity contribution in [3.05, 3.63) is 87.9 Å². The van der Waals surface area contributed by atoms with Crippen LogP contribution in [-0.4, -0.2) is 124 Å². The highest BCUT2D eigenvalue weighted by Crippen LogP contribution is 2.54. The van der Waals surface area contributed by atoms with E-state index in [0.717, 1.165) is 15.7 Å². The molecule has 0 aliphatic heterocycles. The van der Waals surface area contributed by atoms with E-state index in [1.165, 1.54) is 11.0 Å². The van der Waals surface area contributed by atoms with Crippen LogP contribution in [-0.2, 0) is 30.3 Å². The van der Waals surface area contributed by atoms with E-state index in [2.05, 4.69) is 5.32 Å². The number of rotatable bonds is 9. The number of carbonyl (C=O) groups is 6. The van der Waals surface area contributed by atoms with Crippen LogP contribution in [0.5, 0.6) is 5.75 Å². The number of anilines is 2. The molecule has 0 bridgehead atoms. The number of aliphatic hydroxyl groups excluding tert-OH is 2. The summed E-state index contributed by atoms with van der Waals surface area (Å²) in [4.78, 5) is 84.2. The van der Waals surface area contributed by atoms with Crippen LogP contribution in [0.25, 0.3) is 10.8 Å². The van der Waals surface area contributed by atoms with Crippen LogP contribution in [0.15, 0.2) is 71.2 Å². The van der Waals surface area contributed by atoms with Crippen molar-refractivity contribution in [1.29, 1.82) is 0 Å². The van der Waals surface area contributed by atoms with Gasteiger partial charge in [0.05, 0.1) is 22.9 Å². The van der Waals surface area contributed by atoms with Crippen LogP contribution in [0.3, 0.4) is 0 Å². The normalized spacial score (nSPS) is 21.4. The van der Waals surface area contributed by atoms with Crippen molar-refractivity contribution in [3.63, 3.8) is 0 Å². The van der Waals surface area contributed by atoms with Crippen molar-refractivity contribution in [1.82, 2.24) is 9.80 Å². The Labute approximate surface area is 339 Å². The van der Waals surface area contributed by atoms with Crippen LogP contribution < -0.4 is 16.0 Å². The van der Waals surface area contributed by atoms with Crippen molar-refractivity contribution >= 4 is 57.6 Å². The number of esters is 1. The average Bonchev–Trinajstić information content (AvgIpc) is 3.15. The molecule has 0 radical (unpaired) electrons. The molecule has 3 aromatic rings. The van der Waals surface area contributed by atoms with Crippen molar-refractivity contribution in [2.45, 2.75) is 50.8 Å². The van der Waals surface area contributed by atoms with Gasteiger partial charge < -0.3 is 45.9 Å². The molecule has 7 N–H and O–H groups in total. The number of hydrogen-bond acceptors (Lipinski definition) is 14. The highest BCUT2D eigenvalue weighted by molar-refractivity contribution is 6.25. The number of amides is 3. The molecule has 0 saturated heterocycles. The molecule has 3 aliphatic carbocycles. The molecule has 3 aromatic carbocycles. The van der Waals surface area contributed by atoms with Gasteiger partial charge in [-0.25, -0.2) is 9.59 Å². The SMILES string of the molecule is CN(C)c1cc(NC(=O)CN(C(=O)OCOC(=O)c2ccc3ccccc3c2)C(C)(C)C)c(O)c2c1C[C@H]1C[C@H]3[C@H](N(C)C)C(O)=C(C(N)=O)C(=O)[C@@]3(O)C(O)=C1C2=O. The van der Waals surface area contributed by atoms with Gasteiger partial charge in [-0.1, -0.05) is 30.3 Å². The number of phenols is 1. The fourth-order valence-corrected chi connectivity index (χ4v) is 8.31. The molecule has 0 spiro atoms. The van der Waals surface area contributed by atoms with Gasteiger partial charge in [0, 0.05) is 36.8 Å². The maximum atomic E-state index is 14.4. The minimum Gasteiger partial charge on any atom is -0.510 e. The fraction of sp³-hybridized carbons (Fsp3) is 0.381. The molecule has 0 aromatic heterocycles. The number of aliphatic hydroxyl groups is 3. The van der Waals surface area contributed by atoms with E-state index in [-0.39, 0.29) is 35.2 Å². The first-order chi connectivity index (χ1) is 27.6. The van der Waals surface area contributed by atoms with Gasteiger partial charge in [0.1, 0.15) is 23.6 Å². The first-order valence-corrected chi connectivity index (χ1v) is 18.7. The zero-order valence-corrected chi connectivity index (χ0v) is 33.7. The maximum absolute atomic E-state index is 14.4. The van der Waals surface area contributed by atoms with Crippen LogP contribution in [0.1, 0.15) is 53.5 Å². The highest BCUT2D eigenvalue weighted by Gasteiger charge is 2.63. The number of fused-ring (bicyclic) bond motifs is 4. The second-order valence-electron chi connectivity index (χ2n) is 16.3. The fourth-order valence-electron chi connectivity index (χ4n) is 8.31. The number of carbonyl (C=O) groups excluding carboxylic acids is 6. The number of ketones is 2. The zero-order valence-electron chi connectivity index (χ0n) is 33.7. The molecule has 6 rings (SSSR count).